The number of carboxylic acid groups (broad SMARTS) is 1. The largest absolute Gasteiger partial charge is 0.497 e. The van der Waals surface area contributed by atoms with Crippen LogP contribution < -0.4 is 19.5 Å². The fourth-order valence-corrected chi connectivity index (χ4v) is 7.46. The Bertz CT molecular complexity index is 1850. The molecule has 2 atom stereocenters. The third-order valence-corrected chi connectivity index (χ3v) is 11.2. The highest BCUT2D eigenvalue weighted by Gasteiger charge is 2.43. The van der Waals surface area contributed by atoms with Crippen molar-refractivity contribution in [3.05, 3.63) is 93.7 Å². The Labute approximate surface area is 324 Å². The highest BCUT2D eigenvalue weighted by atomic mass is 79.9. The maximum absolute atomic E-state index is 14.7. The normalized spacial score (nSPS) is 18.3. The van der Waals surface area contributed by atoms with Gasteiger partial charge in [-0.1, -0.05) is 24.3 Å². The summed E-state index contributed by atoms with van der Waals surface area (Å²) in [5.74, 6) is 0.486. The molecule has 2 bridgehead atoms. The lowest BCUT2D eigenvalue weighted by molar-refractivity contribution is -0.148. The summed E-state index contributed by atoms with van der Waals surface area (Å²) in [5, 5.41) is 13.2. The van der Waals surface area contributed by atoms with Crippen molar-refractivity contribution < 1.29 is 38.1 Å². The van der Waals surface area contributed by atoms with E-state index >= 15 is 0 Å². The summed E-state index contributed by atoms with van der Waals surface area (Å²) >= 11 is 3.40. The minimum Gasteiger partial charge on any atom is -0.497 e. The number of piperazine rings is 1. The molecule has 54 heavy (non-hydrogen) atoms. The van der Waals surface area contributed by atoms with Gasteiger partial charge in [-0.15, -0.1) is 0 Å². The molecule has 6 rings (SSSR count). The number of nitrogens with one attached hydrogen (secondary N) is 1. The summed E-state index contributed by atoms with van der Waals surface area (Å²) in [6.07, 6.45) is 4.29. The van der Waals surface area contributed by atoms with Crippen LogP contribution in [-0.2, 0) is 20.8 Å². The predicted molar refractivity (Wildman–Crippen MR) is 207 cm³/mol. The van der Waals surface area contributed by atoms with Crippen LogP contribution in [0.5, 0.6) is 17.2 Å². The Morgan fingerprint density at radius 1 is 0.981 bits per heavy atom. The van der Waals surface area contributed by atoms with E-state index in [1.807, 2.05) is 29.2 Å². The number of hydrogen-bond donors (Lipinski definition) is 2. The minimum absolute atomic E-state index is 0.0483. The first-order chi connectivity index (χ1) is 25.9. The number of carbonyl (C=O) groups excluding carboxylic acids is 2. The molecule has 1 saturated heterocycles. The Morgan fingerprint density at radius 2 is 1.70 bits per heavy atom. The summed E-state index contributed by atoms with van der Waals surface area (Å²) in [4.78, 5) is 43.7. The number of aliphatic carboxylic acids is 1. The van der Waals surface area contributed by atoms with Gasteiger partial charge >= 0.3 is 5.97 Å². The molecule has 2 heterocycles. The number of benzene rings is 3. The van der Waals surface area contributed by atoms with Gasteiger partial charge in [-0.3, -0.25) is 14.4 Å². The molecule has 0 radical (unpaired) electrons. The molecule has 1 saturated carbocycles. The van der Waals surface area contributed by atoms with Gasteiger partial charge in [0.2, 0.25) is 5.91 Å². The van der Waals surface area contributed by atoms with Crippen molar-refractivity contribution >= 4 is 39.3 Å². The molecule has 2 fully saturated rings. The molecule has 0 unspecified atom stereocenters. The van der Waals surface area contributed by atoms with Gasteiger partial charge < -0.3 is 34.4 Å². The van der Waals surface area contributed by atoms with Gasteiger partial charge in [0.05, 0.1) is 36.2 Å². The van der Waals surface area contributed by atoms with Crippen molar-refractivity contribution in [1.29, 1.82) is 0 Å². The number of aryl methyl sites for hydroxylation is 1. The molecule has 12 heteroatoms. The van der Waals surface area contributed by atoms with Gasteiger partial charge in [0.1, 0.15) is 29.7 Å². The van der Waals surface area contributed by atoms with Crippen molar-refractivity contribution in [2.75, 3.05) is 40.0 Å². The number of rotatable bonds is 17. The lowest BCUT2D eigenvalue weighted by Crippen LogP contribution is -2.62. The number of ether oxygens (including phenoxy) is 3. The number of carbonyl (C=O) groups is 3. The van der Waals surface area contributed by atoms with Crippen LogP contribution >= 0.6 is 15.9 Å². The maximum Gasteiger partial charge on any atom is 0.309 e. The number of methoxy groups -OCH3 is 1. The van der Waals surface area contributed by atoms with E-state index in [-0.39, 0.29) is 48.6 Å². The van der Waals surface area contributed by atoms with Gasteiger partial charge in [0.15, 0.2) is 0 Å². The highest BCUT2D eigenvalue weighted by molar-refractivity contribution is 9.10. The van der Waals surface area contributed by atoms with Gasteiger partial charge in [-0.25, -0.2) is 4.39 Å². The van der Waals surface area contributed by atoms with Crippen LogP contribution in [0.1, 0.15) is 63.5 Å². The zero-order valence-electron chi connectivity index (χ0n) is 31.1. The third-order valence-electron chi connectivity index (χ3n) is 10.5. The van der Waals surface area contributed by atoms with Crippen LogP contribution in [0.2, 0.25) is 0 Å². The van der Waals surface area contributed by atoms with Crippen LogP contribution in [0.15, 0.2) is 76.8 Å². The summed E-state index contributed by atoms with van der Waals surface area (Å²) in [6, 6.07) is 19.8. The Kier molecular flexibility index (Phi) is 12.6. The first-order valence-corrected chi connectivity index (χ1v) is 19.5. The molecule has 3 aromatic carbocycles. The van der Waals surface area contributed by atoms with E-state index in [0.717, 1.165) is 48.1 Å². The molecular formula is C42H49BrFN3O7. The van der Waals surface area contributed by atoms with Gasteiger partial charge in [-0.05, 0) is 121 Å². The standard InChI is InChI=1S/C42H49BrFN3O7/c1-42(2,41(50)51)19-18-38(48)46-25-30-24-34(28-8-6-27(7-9-28)5-4-21-54-37-23-29(44)10-17-35(37)43)39(36(26-46)45-30)40(49)47(31-11-12-31)20-22-53-33-15-13-32(52-3)14-16-33/h6-10,13-17,23,30-31,36,45H,4-5,11-12,18-22,24-26H2,1-3H3,(H,50,51)/t30-,36-/m1/s1. The maximum atomic E-state index is 14.7. The summed E-state index contributed by atoms with van der Waals surface area (Å²) < 4.78 is 31.5. The molecule has 10 nitrogen and oxygen atoms in total. The van der Waals surface area contributed by atoms with Crippen LogP contribution in [-0.4, -0.2) is 90.8 Å². The lowest BCUT2D eigenvalue weighted by atomic mass is 9.82. The van der Waals surface area contributed by atoms with E-state index in [2.05, 4.69) is 45.5 Å². The zero-order chi connectivity index (χ0) is 38.4. The summed E-state index contributed by atoms with van der Waals surface area (Å²) in [5.41, 5.74) is 2.75. The number of carboxylic acids is 1. The fraction of sp³-hybridized carbons (Fsp3) is 0.452. The fourth-order valence-electron chi connectivity index (χ4n) is 7.10. The van der Waals surface area contributed by atoms with Crippen molar-refractivity contribution in [1.82, 2.24) is 15.1 Å². The van der Waals surface area contributed by atoms with Crippen molar-refractivity contribution in [3.63, 3.8) is 0 Å². The van der Waals surface area contributed by atoms with Gasteiger partial charge in [-0.2, -0.15) is 0 Å². The first kappa shape index (κ1) is 39.3. The van der Waals surface area contributed by atoms with Crippen LogP contribution in [0, 0.1) is 11.2 Å². The second-order valence-electron chi connectivity index (χ2n) is 15.0. The van der Waals surface area contributed by atoms with E-state index in [4.69, 9.17) is 14.2 Å². The monoisotopic (exact) mass is 805 g/mol. The molecule has 288 valence electrons. The first-order valence-electron chi connectivity index (χ1n) is 18.7. The lowest BCUT2D eigenvalue weighted by Gasteiger charge is -2.45. The number of halogens is 2. The van der Waals surface area contributed by atoms with Crippen LogP contribution in [0.4, 0.5) is 4.39 Å². The minimum atomic E-state index is -1.01. The molecule has 2 aliphatic heterocycles. The van der Waals surface area contributed by atoms with Crippen molar-refractivity contribution in [2.24, 2.45) is 5.41 Å². The number of fused-ring (bicyclic) bond motifs is 2. The number of amides is 2. The van der Waals surface area contributed by atoms with Crippen LogP contribution in [0.25, 0.3) is 5.57 Å². The zero-order valence-corrected chi connectivity index (χ0v) is 32.7. The summed E-state index contributed by atoms with van der Waals surface area (Å²) in [7, 11) is 1.62. The van der Waals surface area contributed by atoms with E-state index in [1.54, 1.807) is 31.9 Å². The SMILES string of the molecule is COc1ccc(OCCN(C(=O)C2=C(c3ccc(CCCOc4cc(F)ccc4Br)cc3)C[C@@H]3CN(C(=O)CCC(C)(C)C(=O)O)C[C@H]2N3)C2CC2)cc1. The summed E-state index contributed by atoms with van der Waals surface area (Å²) in [6.45, 7) is 5.26. The third kappa shape index (κ3) is 9.81. The van der Waals surface area contributed by atoms with Crippen molar-refractivity contribution in [2.45, 2.75) is 76.9 Å². The molecular weight excluding hydrogens is 757 g/mol. The van der Waals surface area contributed by atoms with Gasteiger partial charge in [0.25, 0.3) is 5.91 Å². The van der Waals surface area contributed by atoms with Crippen molar-refractivity contribution in [3.8, 4) is 17.2 Å². The molecule has 0 aromatic heterocycles. The van der Waals surface area contributed by atoms with E-state index in [1.165, 1.54) is 12.1 Å². The Hall–Kier alpha value is -4.42. The van der Waals surface area contributed by atoms with E-state index < -0.39 is 11.4 Å². The smallest absolute Gasteiger partial charge is 0.309 e. The molecule has 3 aromatic rings. The highest BCUT2D eigenvalue weighted by Crippen LogP contribution is 2.37. The van der Waals surface area contributed by atoms with E-state index in [9.17, 15) is 23.9 Å². The average molecular weight is 807 g/mol. The molecule has 3 aliphatic rings. The quantitative estimate of drug-likeness (QED) is 0.142. The van der Waals surface area contributed by atoms with Gasteiger partial charge in [0, 0.05) is 43.2 Å². The number of hydrogen-bond acceptors (Lipinski definition) is 7. The van der Waals surface area contributed by atoms with Crippen LogP contribution in [0.3, 0.4) is 0 Å². The molecule has 1 aliphatic carbocycles. The average Bonchev–Trinajstić information content (AvgIpc) is 4.01. The Balaban J connectivity index is 1.19. The Morgan fingerprint density at radius 3 is 2.39 bits per heavy atom. The predicted octanol–water partition coefficient (Wildman–Crippen LogP) is 6.90. The topological polar surface area (TPSA) is 118 Å². The van der Waals surface area contributed by atoms with E-state index in [0.29, 0.717) is 60.8 Å². The molecule has 2 amide bonds. The second kappa shape index (κ2) is 17.4. The molecule has 0 spiro atoms. The second-order valence-corrected chi connectivity index (χ2v) is 15.8. The molecule has 2 N–H and O–H groups in total. The number of nitrogens with zero attached hydrogens (tertiary/aromatic N) is 2.